The molecule has 1 amide bonds. The normalized spacial score (nSPS) is 12.5. The summed E-state index contributed by atoms with van der Waals surface area (Å²) in [4.78, 5) is 13.5. The number of nitrogens with one attached hydrogen (secondary N) is 1. The summed E-state index contributed by atoms with van der Waals surface area (Å²) in [6.45, 7) is 7.13. The molecule has 7 heteroatoms. The van der Waals surface area contributed by atoms with Gasteiger partial charge in [-0.2, -0.15) is 5.26 Å². The zero-order valence-corrected chi connectivity index (χ0v) is 18.7. The minimum atomic E-state index is -0.362. The summed E-state index contributed by atoms with van der Waals surface area (Å²) in [7, 11) is 1.68. The number of hydrogen-bond acceptors (Lipinski definition) is 4. The topological polar surface area (TPSA) is 67.0 Å². The minimum absolute atomic E-state index is 0.0983. The van der Waals surface area contributed by atoms with Gasteiger partial charge in [0.15, 0.2) is 0 Å². The van der Waals surface area contributed by atoms with Crippen molar-refractivity contribution < 1.29 is 9.53 Å². The van der Waals surface area contributed by atoms with Gasteiger partial charge in [-0.05, 0) is 62.7 Å². The molecular weight excluding hydrogens is 406 g/mol. The molecule has 0 aliphatic heterocycles. The lowest BCUT2D eigenvalue weighted by atomic mass is 10.1. The van der Waals surface area contributed by atoms with Crippen LogP contribution < -0.4 is 5.32 Å². The average Bonchev–Trinajstić information content (AvgIpc) is 2.97. The SMILES string of the molecule is COCC(C)n1c(C)cc(/C=C(/C#N)C(=O)NCCSc2ccc(Cl)cc2)c1C. The van der Waals surface area contributed by atoms with Gasteiger partial charge in [0.05, 0.1) is 12.6 Å². The van der Waals surface area contributed by atoms with E-state index in [0.29, 0.717) is 23.9 Å². The van der Waals surface area contributed by atoms with Crippen LogP contribution in [0.25, 0.3) is 6.08 Å². The highest BCUT2D eigenvalue weighted by molar-refractivity contribution is 7.99. The van der Waals surface area contributed by atoms with E-state index in [4.69, 9.17) is 16.3 Å². The summed E-state index contributed by atoms with van der Waals surface area (Å²) < 4.78 is 7.41. The van der Waals surface area contributed by atoms with Crippen LogP contribution in [0.5, 0.6) is 0 Å². The fraction of sp³-hybridized carbons (Fsp3) is 0.364. The van der Waals surface area contributed by atoms with Crippen molar-refractivity contribution in [2.24, 2.45) is 0 Å². The molecule has 0 aliphatic rings. The number of carbonyl (C=O) groups is 1. The van der Waals surface area contributed by atoms with Crippen molar-refractivity contribution in [2.45, 2.75) is 31.7 Å². The fourth-order valence-electron chi connectivity index (χ4n) is 3.21. The highest BCUT2D eigenvalue weighted by Crippen LogP contribution is 2.23. The first-order valence-electron chi connectivity index (χ1n) is 9.33. The molecule has 1 aromatic carbocycles. The van der Waals surface area contributed by atoms with E-state index >= 15 is 0 Å². The van der Waals surface area contributed by atoms with Gasteiger partial charge >= 0.3 is 0 Å². The minimum Gasteiger partial charge on any atom is -0.383 e. The number of aromatic nitrogens is 1. The molecule has 1 atom stereocenters. The van der Waals surface area contributed by atoms with E-state index in [0.717, 1.165) is 21.8 Å². The van der Waals surface area contributed by atoms with Crippen LogP contribution in [0, 0.1) is 25.2 Å². The van der Waals surface area contributed by atoms with Crippen molar-refractivity contribution in [2.75, 3.05) is 26.0 Å². The third-order valence-corrected chi connectivity index (χ3v) is 5.77. The monoisotopic (exact) mass is 431 g/mol. The van der Waals surface area contributed by atoms with Crippen molar-refractivity contribution in [3.05, 3.63) is 57.9 Å². The zero-order chi connectivity index (χ0) is 21.4. The van der Waals surface area contributed by atoms with Crippen LogP contribution in [0.3, 0.4) is 0 Å². The summed E-state index contributed by atoms with van der Waals surface area (Å²) >= 11 is 7.50. The van der Waals surface area contributed by atoms with Gasteiger partial charge in [-0.3, -0.25) is 4.79 Å². The van der Waals surface area contributed by atoms with Gasteiger partial charge in [-0.1, -0.05) is 11.6 Å². The maximum Gasteiger partial charge on any atom is 0.261 e. The number of thioether (sulfide) groups is 1. The fourth-order valence-corrected chi connectivity index (χ4v) is 4.10. The molecule has 1 heterocycles. The summed E-state index contributed by atoms with van der Waals surface area (Å²) in [6.07, 6.45) is 1.65. The maximum atomic E-state index is 12.4. The highest BCUT2D eigenvalue weighted by atomic mass is 35.5. The van der Waals surface area contributed by atoms with Crippen LogP contribution in [-0.2, 0) is 9.53 Å². The summed E-state index contributed by atoms with van der Waals surface area (Å²) in [6, 6.07) is 11.7. The Balaban J connectivity index is 2.00. The number of benzene rings is 1. The molecule has 0 radical (unpaired) electrons. The second-order valence-electron chi connectivity index (χ2n) is 6.73. The van der Waals surface area contributed by atoms with Gasteiger partial charge in [0.1, 0.15) is 11.6 Å². The smallest absolute Gasteiger partial charge is 0.261 e. The van der Waals surface area contributed by atoms with Crippen LogP contribution in [-0.4, -0.2) is 36.5 Å². The first-order valence-corrected chi connectivity index (χ1v) is 10.7. The van der Waals surface area contributed by atoms with Crippen molar-refractivity contribution in [1.82, 2.24) is 9.88 Å². The van der Waals surface area contributed by atoms with Gasteiger partial charge in [-0.15, -0.1) is 11.8 Å². The molecule has 154 valence electrons. The number of aryl methyl sites for hydroxylation is 1. The number of ether oxygens (including phenoxy) is 1. The molecule has 2 aromatic rings. The second kappa shape index (κ2) is 11.1. The summed E-state index contributed by atoms with van der Waals surface area (Å²) in [5.74, 6) is 0.341. The lowest BCUT2D eigenvalue weighted by Gasteiger charge is -2.17. The van der Waals surface area contributed by atoms with E-state index in [1.54, 1.807) is 24.9 Å². The Labute approximate surface area is 181 Å². The molecule has 0 aliphatic carbocycles. The highest BCUT2D eigenvalue weighted by Gasteiger charge is 2.15. The molecule has 0 saturated heterocycles. The van der Waals surface area contributed by atoms with Crippen molar-refractivity contribution in [3.8, 4) is 6.07 Å². The van der Waals surface area contributed by atoms with Gasteiger partial charge in [0, 0.05) is 40.7 Å². The number of nitriles is 1. The molecule has 0 saturated carbocycles. The number of halogens is 1. The molecule has 2 rings (SSSR count). The lowest BCUT2D eigenvalue weighted by Crippen LogP contribution is -2.26. The van der Waals surface area contributed by atoms with Crippen molar-refractivity contribution in [1.29, 1.82) is 5.26 Å². The maximum absolute atomic E-state index is 12.4. The molecular formula is C22H26ClN3O2S. The second-order valence-corrected chi connectivity index (χ2v) is 8.33. The van der Waals surface area contributed by atoms with E-state index < -0.39 is 0 Å². The Kier molecular flexibility index (Phi) is 8.84. The first-order chi connectivity index (χ1) is 13.9. The van der Waals surface area contributed by atoms with Gasteiger partial charge in [0.2, 0.25) is 0 Å². The third-order valence-electron chi connectivity index (χ3n) is 4.51. The Morgan fingerprint density at radius 3 is 2.69 bits per heavy atom. The lowest BCUT2D eigenvalue weighted by molar-refractivity contribution is -0.116. The quantitative estimate of drug-likeness (QED) is 0.268. The van der Waals surface area contributed by atoms with E-state index in [1.165, 1.54) is 0 Å². The first kappa shape index (κ1) is 23.1. The Bertz CT molecular complexity index is 913. The Morgan fingerprint density at radius 2 is 2.07 bits per heavy atom. The van der Waals surface area contributed by atoms with Crippen molar-refractivity contribution in [3.63, 3.8) is 0 Å². The van der Waals surface area contributed by atoms with Crippen LogP contribution in [0.15, 0.2) is 40.8 Å². The average molecular weight is 432 g/mol. The zero-order valence-electron chi connectivity index (χ0n) is 17.2. The van der Waals surface area contributed by atoms with Crippen LogP contribution in [0.4, 0.5) is 0 Å². The number of carbonyl (C=O) groups excluding carboxylic acids is 1. The summed E-state index contributed by atoms with van der Waals surface area (Å²) in [5, 5.41) is 13.0. The van der Waals surface area contributed by atoms with Crippen LogP contribution >= 0.6 is 23.4 Å². The predicted molar refractivity (Wildman–Crippen MR) is 119 cm³/mol. The molecule has 1 unspecified atom stereocenters. The molecule has 0 spiro atoms. The number of amides is 1. The number of rotatable bonds is 9. The Hall–Kier alpha value is -2.20. The molecule has 1 N–H and O–H groups in total. The van der Waals surface area contributed by atoms with Crippen LogP contribution in [0.2, 0.25) is 5.02 Å². The van der Waals surface area contributed by atoms with E-state index in [2.05, 4.69) is 16.8 Å². The van der Waals surface area contributed by atoms with Gasteiger partial charge in [0.25, 0.3) is 5.91 Å². The standard InChI is InChI=1S/C22H26ClN3O2S/c1-15-11-18(17(3)26(15)16(2)14-28-4)12-19(13-24)22(27)25-9-10-29-21-7-5-20(23)6-8-21/h5-8,11-12,16H,9-10,14H2,1-4H3,(H,25,27)/b19-12-. The van der Waals surface area contributed by atoms with E-state index in [9.17, 15) is 10.1 Å². The Morgan fingerprint density at radius 1 is 1.38 bits per heavy atom. The van der Waals surface area contributed by atoms with E-state index in [-0.39, 0.29) is 17.5 Å². The number of methoxy groups -OCH3 is 1. The predicted octanol–water partition coefficient (Wildman–Crippen LogP) is 4.78. The number of hydrogen-bond donors (Lipinski definition) is 1. The van der Waals surface area contributed by atoms with Crippen molar-refractivity contribution >= 4 is 35.3 Å². The molecule has 1 aromatic heterocycles. The summed E-state index contributed by atoms with van der Waals surface area (Å²) in [5.41, 5.74) is 3.04. The van der Waals surface area contributed by atoms with Crippen LogP contribution in [0.1, 0.15) is 29.9 Å². The molecule has 0 bridgehead atoms. The van der Waals surface area contributed by atoms with E-state index in [1.807, 2.05) is 50.2 Å². The molecule has 0 fully saturated rings. The molecule has 5 nitrogen and oxygen atoms in total. The number of nitrogens with zero attached hydrogens (tertiary/aromatic N) is 2. The van der Waals surface area contributed by atoms with Gasteiger partial charge in [-0.25, -0.2) is 0 Å². The third kappa shape index (κ3) is 6.40. The van der Waals surface area contributed by atoms with Gasteiger partial charge < -0.3 is 14.6 Å². The molecule has 29 heavy (non-hydrogen) atoms. The largest absolute Gasteiger partial charge is 0.383 e.